The molecule has 4 rings (SSSR count). The van der Waals surface area contributed by atoms with Crippen molar-refractivity contribution in [2.75, 3.05) is 19.9 Å². The molecule has 0 spiro atoms. The van der Waals surface area contributed by atoms with Crippen LogP contribution >= 0.6 is 22.9 Å². The van der Waals surface area contributed by atoms with Gasteiger partial charge in [0.25, 0.3) is 5.91 Å². The minimum Gasteiger partial charge on any atom is -0.454 e. The number of benzene rings is 1. The molecule has 1 aromatic carbocycles. The zero-order valence-corrected chi connectivity index (χ0v) is 15.1. The van der Waals surface area contributed by atoms with Gasteiger partial charge in [-0.25, -0.2) is 0 Å². The molecule has 0 aliphatic carbocycles. The molecule has 1 fully saturated rings. The first-order chi connectivity index (χ1) is 12.2. The van der Waals surface area contributed by atoms with Crippen LogP contribution in [0.3, 0.4) is 0 Å². The fourth-order valence-corrected chi connectivity index (χ4v) is 4.10. The third-order valence-corrected chi connectivity index (χ3v) is 5.48. The molecule has 25 heavy (non-hydrogen) atoms. The maximum absolute atomic E-state index is 13.1. The van der Waals surface area contributed by atoms with Gasteiger partial charge in [-0.05, 0) is 36.4 Å². The highest BCUT2D eigenvalue weighted by Gasteiger charge is 2.26. The van der Waals surface area contributed by atoms with Crippen LogP contribution in [0.5, 0.6) is 11.5 Å². The molecule has 2 aromatic rings. The highest BCUT2D eigenvalue weighted by molar-refractivity contribution is 7.09. The molecule has 1 amide bonds. The summed E-state index contributed by atoms with van der Waals surface area (Å²) in [6.45, 7) is 2.02. The summed E-state index contributed by atoms with van der Waals surface area (Å²) in [5, 5.41) is 2.41. The van der Waals surface area contributed by atoms with Crippen molar-refractivity contribution >= 4 is 28.8 Å². The van der Waals surface area contributed by atoms with Crippen molar-refractivity contribution in [1.29, 1.82) is 0 Å². The molecule has 132 valence electrons. The van der Waals surface area contributed by atoms with Gasteiger partial charge >= 0.3 is 0 Å². The number of amides is 1. The van der Waals surface area contributed by atoms with Crippen molar-refractivity contribution in [2.45, 2.75) is 25.5 Å². The van der Waals surface area contributed by atoms with E-state index in [0.717, 1.165) is 24.3 Å². The molecule has 0 bridgehead atoms. The van der Waals surface area contributed by atoms with Gasteiger partial charge in [-0.1, -0.05) is 17.7 Å². The van der Waals surface area contributed by atoms with Gasteiger partial charge in [-0.3, -0.25) is 4.79 Å². The van der Waals surface area contributed by atoms with E-state index in [9.17, 15) is 4.79 Å². The molecule has 1 unspecified atom stereocenters. The summed E-state index contributed by atoms with van der Waals surface area (Å²) in [6.07, 6.45) is 2.12. The minimum atomic E-state index is -0.0795. The average Bonchev–Trinajstić information content (AvgIpc) is 3.36. The number of carbonyl (C=O) groups excluding carboxylic acids is 1. The molecule has 0 N–H and O–H groups in total. The Morgan fingerprint density at radius 2 is 2.28 bits per heavy atom. The predicted octanol–water partition coefficient (Wildman–Crippen LogP) is 3.95. The second-order valence-electron chi connectivity index (χ2n) is 6.09. The Bertz CT molecular complexity index is 759. The lowest BCUT2D eigenvalue weighted by Gasteiger charge is -2.25. The van der Waals surface area contributed by atoms with Crippen LogP contribution in [0.25, 0.3) is 0 Å². The van der Waals surface area contributed by atoms with Gasteiger partial charge < -0.3 is 19.1 Å². The molecule has 0 radical (unpaired) electrons. The Morgan fingerprint density at radius 3 is 3.04 bits per heavy atom. The van der Waals surface area contributed by atoms with Gasteiger partial charge in [0.1, 0.15) is 0 Å². The molecule has 2 aliphatic rings. The van der Waals surface area contributed by atoms with E-state index in [2.05, 4.69) is 0 Å². The van der Waals surface area contributed by atoms with E-state index in [1.807, 2.05) is 22.4 Å². The van der Waals surface area contributed by atoms with Gasteiger partial charge in [0, 0.05) is 23.6 Å². The summed E-state index contributed by atoms with van der Waals surface area (Å²) >= 11 is 7.88. The predicted molar refractivity (Wildman–Crippen MR) is 95.6 cm³/mol. The summed E-state index contributed by atoms with van der Waals surface area (Å²) in [4.78, 5) is 16.1. The molecular formula is C18H18ClNO4S. The van der Waals surface area contributed by atoms with E-state index in [1.54, 1.807) is 23.5 Å². The van der Waals surface area contributed by atoms with Crippen molar-refractivity contribution in [3.63, 3.8) is 0 Å². The van der Waals surface area contributed by atoms with Gasteiger partial charge in [-0.2, -0.15) is 0 Å². The summed E-state index contributed by atoms with van der Waals surface area (Å²) < 4.78 is 16.4. The lowest BCUT2D eigenvalue weighted by molar-refractivity contribution is 0.0509. The quantitative estimate of drug-likeness (QED) is 0.789. The number of rotatable bonds is 5. The minimum absolute atomic E-state index is 0.0795. The van der Waals surface area contributed by atoms with Crippen LogP contribution in [0.4, 0.5) is 0 Å². The second kappa shape index (κ2) is 7.23. The number of nitrogens with zero attached hydrogens (tertiary/aromatic N) is 1. The number of fused-ring (bicyclic) bond motifs is 1. The lowest BCUT2D eigenvalue weighted by Crippen LogP contribution is -2.36. The van der Waals surface area contributed by atoms with Crippen LogP contribution in [0.15, 0.2) is 29.6 Å². The van der Waals surface area contributed by atoms with E-state index >= 15 is 0 Å². The molecule has 1 atom stereocenters. The lowest BCUT2D eigenvalue weighted by atomic mass is 10.1. The Kier molecular flexibility index (Phi) is 4.83. The maximum Gasteiger partial charge on any atom is 0.254 e. The van der Waals surface area contributed by atoms with E-state index in [-0.39, 0.29) is 18.8 Å². The normalized spacial score (nSPS) is 18.5. The molecule has 0 saturated carbocycles. The number of hydrogen-bond donors (Lipinski definition) is 0. The third-order valence-electron chi connectivity index (χ3n) is 4.34. The first kappa shape index (κ1) is 16.7. The van der Waals surface area contributed by atoms with Crippen molar-refractivity contribution in [1.82, 2.24) is 4.90 Å². The van der Waals surface area contributed by atoms with E-state index in [0.29, 0.717) is 35.2 Å². The monoisotopic (exact) mass is 379 g/mol. The van der Waals surface area contributed by atoms with Gasteiger partial charge in [0.15, 0.2) is 11.5 Å². The third kappa shape index (κ3) is 3.61. The van der Waals surface area contributed by atoms with Crippen LogP contribution in [0, 0.1) is 0 Å². The van der Waals surface area contributed by atoms with Gasteiger partial charge in [0.05, 0.1) is 17.7 Å². The molecule has 1 saturated heterocycles. The number of hydrogen-bond acceptors (Lipinski definition) is 5. The summed E-state index contributed by atoms with van der Waals surface area (Å²) in [7, 11) is 0. The zero-order chi connectivity index (χ0) is 17.2. The molecule has 5 nitrogen and oxygen atoms in total. The Balaban J connectivity index is 1.59. The van der Waals surface area contributed by atoms with Crippen LogP contribution in [0.2, 0.25) is 5.02 Å². The molecule has 1 aromatic heterocycles. The van der Waals surface area contributed by atoms with E-state index < -0.39 is 0 Å². The first-order valence-electron chi connectivity index (χ1n) is 8.23. The van der Waals surface area contributed by atoms with Crippen molar-refractivity contribution in [3.8, 4) is 11.5 Å². The average molecular weight is 380 g/mol. The summed E-state index contributed by atoms with van der Waals surface area (Å²) in [6, 6.07) is 7.38. The molecular weight excluding hydrogens is 362 g/mol. The highest BCUT2D eigenvalue weighted by Crippen LogP contribution is 2.40. The highest BCUT2D eigenvalue weighted by atomic mass is 35.5. The van der Waals surface area contributed by atoms with Crippen LogP contribution < -0.4 is 9.47 Å². The van der Waals surface area contributed by atoms with Crippen molar-refractivity contribution in [2.24, 2.45) is 0 Å². The standard InChI is InChI=1S/C18H18ClNO4S/c19-15-7-12(8-16-17(15)24-11-23-16)18(21)20(9-13-3-1-5-22-13)10-14-4-2-6-25-14/h2,4,6-8,13H,1,3,5,9-11H2. The Labute approximate surface area is 155 Å². The number of ether oxygens (including phenoxy) is 3. The SMILES string of the molecule is O=C(c1cc(Cl)c2c(c1)OCO2)N(Cc1cccs1)CC1CCCO1. The fourth-order valence-electron chi connectivity index (χ4n) is 3.12. The fraction of sp³-hybridized carbons (Fsp3) is 0.389. The van der Waals surface area contributed by atoms with Crippen LogP contribution in [0.1, 0.15) is 28.1 Å². The van der Waals surface area contributed by atoms with Crippen molar-refractivity contribution < 1.29 is 19.0 Å². The molecule has 3 heterocycles. The number of carbonyl (C=O) groups is 1. The van der Waals surface area contributed by atoms with Gasteiger partial charge in [0.2, 0.25) is 6.79 Å². The van der Waals surface area contributed by atoms with E-state index in [4.69, 9.17) is 25.8 Å². The Hall–Kier alpha value is -1.76. The van der Waals surface area contributed by atoms with Crippen LogP contribution in [-0.2, 0) is 11.3 Å². The summed E-state index contributed by atoms with van der Waals surface area (Å²) in [5.41, 5.74) is 0.504. The van der Waals surface area contributed by atoms with Crippen molar-refractivity contribution in [3.05, 3.63) is 45.1 Å². The molecule has 2 aliphatic heterocycles. The van der Waals surface area contributed by atoms with E-state index in [1.165, 1.54) is 0 Å². The second-order valence-corrected chi connectivity index (χ2v) is 7.53. The van der Waals surface area contributed by atoms with Gasteiger partial charge in [-0.15, -0.1) is 11.3 Å². The largest absolute Gasteiger partial charge is 0.454 e. The molecule has 7 heteroatoms. The topological polar surface area (TPSA) is 48.0 Å². The maximum atomic E-state index is 13.1. The zero-order valence-electron chi connectivity index (χ0n) is 13.6. The first-order valence-corrected chi connectivity index (χ1v) is 9.49. The smallest absolute Gasteiger partial charge is 0.254 e. The Morgan fingerprint density at radius 1 is 1.36 bits per heavy atom. The number of thiophene rings is 1. The summed E-state index contributed by atoms with van der Waals surface area (Å²) in [5.74, 6) is 0.940. The van der Waals surface area contributed by atoms with Crippen LogP contribution in [-0.4, -0.2) is 36.9 Å². The number of halogens is 1.